The Morgan fingerprint density at radius 3 is 2.25 bits per heavy atom. The second kappa shape index (κ2) is 8.02. The minimum absolute atomic E-state index is 0.220. The maximum atomic E-state index is 11.1. The van der Waals surface area contributed by atoms with Crippen LogP contribution in [0.4, 0.5) is 0 Å². The van der Waals surface area contributed by atoms with Crippen LogP contribution >= 0.6 is 0 Å². The molecule has 1 aromatic rings. The molecular weight excluding hydrogens is 252 g/mol. The molecule has 0 amide bonds. The van der Waals surface area contributed by atoms with Crippen LogP contribution in [0.25, 0.3) is 0 Å². The van der Waals surface area contributed by atoms with Gasteiger partial charge in [0.15, 0.2) is 0 Å². The van der Waals surface area contributed by atoms with Gasteiger partial charge in [-0.3, -0.25) is 9.69 Å². The molecule has 1 rings (SSSR count). The van der Waals surface area contributed by atoms with Gasteiger partial charge >= 0.3 is 5.97 Å². The number of benzene rings is 1. The van der Waals surface area contributed by atoms with Gasteiger partial charge in [0.05, 0.1) is 5.92 Å². The summed E-state index contributed by atoms with van der Waals surface area (Å²) in [7, 11) is 4.07. The summed E-state index contributed by atoms with van der Waals surface area (Å²) < 4.78 is 0. The van der Waals surface area contributed by atoms with Gasteiger partial charge in [-0.15, -0.1) is 0 Å². The molecule has 0 aliphatic rings. The third kappa shape index (κ3) is 5.31. The molecule has 1 aromatic carbocycles. The molecule has 0 aliphatic heterocycles. The highest BCUT2D eigenvalue weighted by Gasteiger charge is 2.21. The second-order valence-corrected chi connectivity index (χ2v) is 5.62. The molecule has 4 nitrogen and oxygen atoms in total. The van der Waals surface area contributed by atoms with Gasteiger partial charge in [-0.25, -0.2) is 0 Å². The maximum absolute atomic E-state index is 11.1. The molecule has 2 atom stereocenters. The van der Waals surface area contributed by atoms with Crippen molar-refractivity contribution in [3.63, 3.8) is 0 Å². The molecule has 20 heavy (non-hydrogen) atoms. The summed E-state index contributed by atoms with van der Waals surface area (Å²) in [6, 6.07) is 10.5. The number of hydrogen-bond acceptors (Lipinski definition) is 3. The number of carboxylic acids is 1. The third-order valence-electron chi connectivity index (χ3n) is 3.59. The van der Waals surface area contributed by atoms with Gasteiger partial charge in [0.1, 0.15) is 0 Å². The van der Waals surface area contributed by atoms with Gasteiger partial charge in [0.2, 0.25) is 0 Å². The van der Waals surface area contributed by atoms with Crippen molar-refractivity contribution in [2.24, 2.45) is 5.92 Å². The molecule has 0 saturated heterocycles. The minimum atomic E-state index is -0.736. The summed E-state index contributed by atoms with van der Waals surface area (Å²) in [6.07, 6.45) is 0. The highest BCUT2D eigenvalue weighted by atomic mass is 16.4. The first-order chi connectivity index (χ1) is 9.41. The summed E-state index contributed by atoms with van der Waals surface area (Å²) in [5.41, 5.74) is 1.23. The molecule has 0 aliphatic carbocycles. The van der Waals surface area contributed by atoms with Crippen LogP contribution in [-0.4, -0.2) is 54.6 Å². The van der Waals surface area contributed by atoms with Crippen molar-refractivity contribution in [2.75, 3.05) is 33.7 Å². The molecule has 0 fully saturated rings. The van der Waals surface area contributed by atoms with E-state index < -0.39 is 5.97 Å². The monoisotopic (exact) mass is 278 g/mol. The van der Waals surface area contributed by atoms with Crippen LogP contribution in [0.2, 0.25) is 0 Å². The zero-order valence-electron chi connectivity index (χ0n) is 12.9. The second-order valence-electron chi connectivity index (χ2n) is 5.62. The lowest BCUT2D eigenvalue weighted by atomic mass is 10.0. The number of hydrogen-bond donors (Lipinski definition) is 1. The standard InChI is InChI=1S/C16H26N2O2/c1-13(16(19)20)12-18(11-10-17(3)4)14(2)15-8-6-5-7-9-15/h5-9,13-14H,10-12H2,1-4H3,(H,19,20). The fourth-order valence-corrected chi connectivity index (χ4v) is 2.14. The third-order valence-corrected chi connectivity index (χ3v) is 3.59. The number of aliphatic carboxylic acids is 1. The van der Waals surface area contributed by atoms with Gasteiger partial charge in [0.25, 0.3) is 0 Å². The van der Waals surface area contributed by atoms with E-state index in [2.05, 4.69) is 28.9 Å². The van der Waals surface area contributed by atoms with Crippen molar-refractivity contribution < 1.29 is 9.90 Å². The van der Waals surface area contributed by atoms with Crippen LogP contribution in [0.15, 0.2) is 30.3 Å². The van der Waals surface area contributed by atoms with E-state index in [0.29, 0.717) is 6.54 Å². The number of carboxylic acid groups (broad SMARTS) is 1. The van der Waals surface area contributed by atoms with Crippen LogP contribution in [0.5, 0.6) is 0 Å². The van der Waals surface area contributed by atoms with E-state index in [-0.39, 0.29) is 12.0 Å². The maximum Gasteiger partial charge on any atom is 0.307 e. The SMILES string of the molecule is CC(CN(CCN(C)C)C(C)c1ccccc1)C(=O)O. The smallest absolute Gasteiger partial charge is 0.307 e. The summed E-state index contributed by atoms with van der Waals surface area (Å²) in [6.45, 7) is 6.26. The predicted octanol–water partition coefficient (Wildman–Crippen LogP) is 2.33. The Balaban J connectivity index is 2.77. The van der Waals surface area contributed by atoms with E-state index in [1.54, 1.807) is 6.92 Å². The van der Waals surface area contributed by atoms with Gasteiger partial charge in [-0.1, -0.05) is 37.3 Å². The van der Waals surface area contributed by atoms with Crippen LogP contribution in [0, 0.1) is 5.92 Å². The van der Waals surface area contributed by atoms with E-state index in [9.17, 15) is 4.79 Å². The topological polar surface area (TPSA) is 43.8 Å². The molecule has 0 radical (unpaired) electrons. The van der Waals surface area contributed by atoms with Crippen LogP contribution in [-0.2, 0) is 4.79 Å². The van der Waals surface area contributed by atoms with Gasteiger partial charge in [0, 0.05) is 25.7 Å². The van der Waals surface area contributed by atoms with Crippen molar-refractivity contribution in [1.29, 1.82) is 0 Å². The Morgan fingerprint density at radius 1 is 1.15 bits per heavy atom. The first-order valence-electron chi connectivity index (χ1n) is 7.08. The lowest BCUT2D eigenvalue weighted by molar-refractivity contribution is -0.141. The number of likely N-dealkylation sites (N-methyl/N-ethyl adjacent to an activating group) is 1. The first kappa shape index (κ1) is 16.7. The molecule has 0 bridgehead atoms. The van der Waals surface area contributed by atoms with Crippen LogP contribution < -0.4 is 0 Å². The van der Waals surface area contributed by atoms with E-state index in [1.807, 2.05) is 32.3 Å². The fraction of sp³-hybridized carbons (Fsp3) is 0.562. The minimum Gasteiger partial charge on any atom is -0.481 e. The Bertz CT molecular complexity index is 406. The summed E-state index contributed by atoms with van der Waals surface area (Å²) >= 11 is 0. The van der Waals surface area contributed by atoms with E-state index in [0.717, 1.165) is 13.1 Å². The Morgan fingerprint density at radius 2 is 1.75 bits per heavy atom. The summed E-state index contributed by atoms with van der Waals surface area (Å²) in [5, 5.41) is 9.12. The summed E-state index contributed by atoms with van der Waals surface area (Å²) in [5.74, 6) is -1.09. The van der Waals surface area contributed by atoms with Gasteiger partial charge in [-0.2, -0.15) is 0 Å². The quantitative estimate of drug-likeness (QED) is 0.792. The predicted molar refractivity (Wildman–Crippen MR) is 81.8 cm³/mol. The van der Waals surface area contributed by atoms with E-state index in [1.165, 1.54) is 5.56 Å². The zero-order valence-corrected chi connectivity index (χ0v) is 12.9. The average molecular weight is 278 g/mol. The Labute approximate surface area is 122 Å². The lowest BCUT2D eigenvalue weighted by Crippen LogP contribution is -2.38. The highest BCUT2D eigenvalue weighted by Crippen LogP contribution is 2.20. The van der Waals surface area contributed by atoms with Crippen molar-refractivity contribution in [1.82, 2.24) is 9.80 Å². The summed E-state index contributed by atoms with van der Waals surface area (Å²) in [4.78, 5) is 15.5. The molecule has 0 aromatic heterocycles. The van der Waals surface area contributed by atoms with Crippen molar-refractivity contribution in [3.05, 3.63) is 35.9 Å². The molecule has 0 spiro atoms. The first-order valence-corrected chi connectivity index (χ1v) is 7.08. The number of carbonyl (C=O) groups is 1. The zero-order chi connectivity index (χ0) is 15.1. The van der Waals surface area contributed by atoms with E-state index >= 15 is 0 Å². The largest absolute Gasteiger partial charge is 0.481 e. The van der Waals surface area contributed by atoms with Crippen LogP contribution in [0.1, 0.15) is 25.5 Å². The number of rotatable bonds is 8. The molecule has 112 valence electrons. The fourth-order valence-electron chi connectivity index (χ4n) is 2.14. The normalized spacial score (nSPS) is 14.5. The molecule has 0 saturated carbocycles. The molecule has 4 heteroatoms. The van der Waals surface area contributed by atoms with Gasteiger partial charge in [-0.05, 0) is 26.6 Å². The van der Waals surface area contributed by atoms with Crippen molar-refractivity contribution >= 4 is 5.97 Å². The molecular formula is C16H26N2O2. The van der Waals surface area contributed by atoms with Crippen LogP contribution in [0.3, 0.4) is 0 Å². The number of nitrogens with zero attached hydrogens (tertiary/aromatic N) is 2. The van der Waals surface area contributed by atoms with Gasteiger partial charge < -0.3 is 10.0 Å². The average Bonchev–Trinajstić information content (AvgIpc) is 2.43. The van der Waals surface area contributed by atoms with E-state index in [4.69, 9.17) is 5.11 Å². The molecule has 1 N–H and O–H groups in total. The lowest BCUT2D eigenvalue weighted by Gasteiger charge is -2.31. The molecule has 2 unspecified atom stereocenters. The molecule has 0 heterocycles. The Kier molecular flexibility index (Phi) is 6.68. The van der Waals surface area contributed by atoms with Crippen molar-refractivity contribution in [2.45, 2.75) is 19.9 Å². The Hall–Kier alpha value is -1.39. The van der Waals surface area contributed by atoms with Crippen molar-refractivity contribution in [3.8, 4) is 0 Å². The highest BCUT2D eigenvalue weighted by molar-refractivity contribution is 5.69.